The Balaban J connectivity index is 1.31. The first kappa shape index (κ1) is 56.3. The highest BCUT2D eigenvalue weighted by Crippen LogP contribution is 2.43. The number of pyridine rings is 1. The molecule has 0 aliphatic heterocycles. The first-order valence-corrected chi connectivity index (χ1v) is 27.8. The number of hydrogen-bond acceptors (Lipinski definition) is 18. The second-order valence-corrected chi connectivity index (χ2v) is 24.5. The highest BCUT2D eigenvalue weighted by atomic mass is 32.2. The molecular weight excluding hydrogens is 1020 g/mol. The fraction of sp³-hybridized carbons (Fsp3) is 0.429. The molecule has 0 aliphatic carbocycles. The quantitative estimate of drug-likeness (QED) is 0.0760. The normalized spacial score (nSPS) is 12.4. The number of anilines is 4. The Morgan fingerprint density at radius 2 is 1.18 bits per heavy atom. The standard InChI is InChI=1S/C56H67N19OS2/c1-19-20-21-72(42-34(7)24-30(3)25-35(42)8)38-26-33(6)40(46(59-38)60-39-31(4)22-29(2)23-32(39)5)63-65-47-36(27-57)43(54(9,10)11)69-74(47)52-67-68-53(78-52)75-48(37(28-58)44(70-75)55(12,13)14)66-64-41-45(56(15,16)17)71-73-49(41)61-50(77-18)62-51(73)76/h22-26H,19-21H2,1-18H3,(H,59,60)(H,61,62,76). The number of H-pyrrole nitrogens is 1. The number of nitrogens with one attached hydrogen (secondary N) is 2. The molecule has 0 fully saturated rings. The van der Waals surface area contributed by atoms with E-state index in [9.17, 15) is 15.3 Å². The summed E-state index contributed by atoms with van der Waals surface area (Å²) in [6, 6.07) is 15.4. The van der Waals surface area contributed by atoms with Crippen LogP contribution in [0.4, 0.5) is 46.0 Å². The van der Waals surface area contributed by atoms with E-state index in [1.807, 2.05) is 75.3 Å². The SMILES string of the molecule is CCCCN(c1cc(C)c(N=Nc2c(C#N)c(C(C)(C)C)nn2-c2nnc(-n3nc(C(C)(C)C)c(C#N)c3N=Nc3c(C(C)(C)C)nn4c(=O)nc(SC)[nH]c34)s2)c(Nc2c(C)cc(C)cc2C)n1)c1c(C)cc(C)cc1C. The summed E-state index contributed by atoms with van der Waals surface area (Å²) in [4.78, 5) is 28.1. The van der Waals surface area contributed by atoms with Crippen LogP contribution in [0.1, 0.15) is 149 Å². The van der Waals surface area contributed by atoms with Gasteiger partial charge in [-0.25, -0.2) is 9.78 Å². The number of aromatic amines is 1. The summed E-state index contributed by atoms with van der Waals surface area (Å²) in [6.45, 7) is 35.1. The van der Waals surface area contributed by atoms with Gasteiger partial charge in [0.15, 0.2) is 33.9 Å². The van der Waals surface area contributed by atoms with Crippen molar-refractivity contribution in [3.8, 4) is 22.4 Å². The van der Waals surface area contributed by atoms with Crippen LogP contribution in [0, 0.1) is 71.1 Å². The fourth-order valence-corrected chi connectivity index (χ4v) is 10.6. The number of azo groups is 2. The molecule has 8 aromatic rings. The summed E-state index contributed by atoms with van der Waals surface area (Å²) in [6.07, 6.45) is 3.75. The van der Waals surface area contributed by atoms with E-state index < -0.39 is 21.9 Å². The summed E-state index contributed by atoms with van der Waals surface area (Å²) in [7, 11) is 0. The van der Waals surface area contributed by atoms with Gasteiger partial charge in [0.2, 0.25) is 10.3 Å². The number of hydrogen-bond donors (Lipinski definition) is 2. The Kier molecular flexibility index (Phi) is 15.5. The molecule has 2 aromatic carbocycles. The zero-order valence-corrected chi connectivity index (χ0v) is 49.5. The van der Waals surface area contributed by atoms with Gasteiger partial charge < -0.3 is 15.2 Å². The predicted octanol–water partition coefficient (Wildman–Crippen LogP) is 14.1. The third kappa shape index (κ3) is 11.0. The molecule has 0 bridgehead atoms. The number of thioether (sulfide) groups is 1. The first-order chi connectivity index (χ1) is 36.7. The Hall–Kier alpha value is -7.95. The molecule has 0 unspecified atom stereocenters. The van der Waals surface area contributed by atoms with E-state index in [1.165, 1.54) is 31.2 Å². The minimum atomic E-state index is -0.625. The van der Waals surface area contributed by atoms with Gasteiger partial charge in [-0.15, -0.1) is 30.7 Å². The molecule has 0 spiro atoms. The van der Waals surface area contributed by atoms with Crippen molar-refractivity contribution in [1.29, 1.82) is 10.5 Å². The maximum Gasteiger partial charge on any atom is 0.372 e. The molecule has 0 amide bonds. The predicted molar refractivity (Wildman–Crippen MR) is 309 cm³/mol. The Labute approximate surface area is 463 Å². The van der Waals surface area contributed by atoms with Crippen LogP contribution in [0.3, 0.4) is 0 Å². The van der Waals surface area contributed by atoms with Crippen molar-refractivity contribution in [2.24, 2.45) is 20.5 Å². The average Bonchev–Trinajstić information content (AvgIpc) is 4.18. The highest BCUT2D eigenvalue weighted by Gasteiger charge is 2.33. The van der Waals surface area contributed by atoms with Crippen LogP contribution >= 0.6 is 23.1 Å². The monoisotopic (exact) mass is 1090 g/mol. The van der Waals surface area contributed by atoms with Crippen molar-refractivity contribution < 1.29 is 0 Å². The molecule has 0 saturated heterocycles. The second-order valence-electron chi connectivity index (χ2n) is 22.8. The number of unbranched alkanes of at least 4 members (excludes halogenated alkanes) is 1. The molecule has 20 nitrogen and oxygen atoms in total. The third-order valence-electron chi connectivity index (χ3n) is 13.0. The molecule has 0 radical (unpaired) electrons. The van der Waals surface area contributed by atoms with Crippen molar-refractivity contribution >= 4 is 74.8 Å². The number of aryl methyl sites for hydroxylation is 7. The van der Waals surface area contributed by atoms with Gasteiger partial charge in [-0.1, -0.05) is 134 Å². The van der Waals surface area contributed by atoms with Crippen LogP contribution in [-0.4, -0.2) is 67.1 Å². The van der Waals surface area contributed by atoms with E-state index in [2.05, 4.69) is 120 Å². The van der Waals surface area contributed by atoms with E-state index in [0.29, 0.717) is 45.1 Å². The number of aromatic nitrogens is 11. The molecular formula is C56H67N19OS2. The van der Waals surface area contributed by atoms with E-state index in [0.717, 1.165) is 81.3 Å². The van der Waals surface area contributed by atoms with E-state index in [1.54, 1.807) is 6.26 Å². The minimum absolute atomic E-state index is 0.0748. The van der Waals surface area contributed by atoms with Gasteiger partial charge in [0.1, 0.15) is 34.8 Å². The van der Waals surface area contributed by atoms with Crippen LogP contribution in [-0.2, 0) is 16.2 Å². The molecule has 404 valence electrons. The van der Waals surface area contributed by atoms with E-state index in [-0.39, 0.29) is 33.0 Å². The van der Waals surface area contributed by atoms with Crippen LogP contribution in [0.5, 0.6) is 0 Å². The van der Waals surface area contributed by atoms with E-state index in [4.69, 9.17) is 35.6 Å². The van der Waals surface area contributed by atoms with Crippen LogP contribution in [0.15, 0.2) is 60.7 Å². The fourth-order valence-electron chi connectivity index (χ4n) is 9.47. The zero-order valence-electron chi connectivity index (χ0n) is 47.8. The molecule has 2 N–H and O–H groups in total. The first-order valence-electron chi connectivity index (χ1n) is 25.7. The van der Waals surface area contributed by atoms with Gasteiger partial charge in [-0.05, 0) is 95.0 Å². The Morgan fingerprint density at radius 3 is 1.65 bits per heavy atom. The summed E-state index contributed by atoms with van der Waals surface area (Å²) in [5, 5.41) is 69.3. The largest absolute Gasteiger partial charge is 0.372 e. The lowest BCUT2D eigenvalue weighted by molar-refractivity contribution is 0.557. The molecule has 6 aromatic heterocycles. The summed E-state index contributed by atoms with van der Waals surface area (Å²) >= 11 is 2.36. The van der Waals surface area contributed by atoms with Gasteiger partial charge in [-0.3, -0.25) is 0 Å². The molecule has 0 saturated carbocycles. The van der Waals surface area contributed by atoms with E-state index >= 15 is 0 Å². The highest BCUT2D eigenvalue weighted by molar-refractivity contribution is 7.98. The number of fused-ring (bicyclic) bond motifs is 1. The maximum absolute atomic E-state index is 13.2. The van der Waals surface area contributed by atoms with Gasteiger partial charge >= 0.3 is 5.69 Å². The molecule has 0 aliphatic rings. The molecule has 8 rings (SSSR count). The lowest BCUT2D eigenvalue weighted by Crippen LogP contribution is -2.22. The van der Waals surface area contributed by atoms with Crippen molar-refractivity contribution in [2.75, 3.05) is 23.0 Å². The molecule has 0 atom stereocenters. The zero-order chi connectivity index (χ0) is 56.9. The summed E-state index contributed by atoms with van der Waals surface area (Å²) in [5.74, 6) is 1.45. The Morgan fingerprint density at radius 1 is 0.679 bits per heavy atom. The number of rotatable bonds is 14. The Bertz CT molecular complexity index is 3800. The van der Waals surface area contributed by atoms with Crippen molar-refractivity contribution in [3.05, 3.63) is 108 Å². The smallest absolute Gasteiger partial charge is 0.338 e. The topological polar surface area (TPSA) is 250 Å². The molecule has 78 heavy (non-hydrogen) atoms. The summed E-state index contributed by atoms with van der Waals surface area (Å²) < 4.78 is 4.07. The number of nitriles is 2. The second kappa shape index (κ2) is 21.5. The maximum atomic E-state index is 13.2. The lowest BCUT2D eigenvalue weighted by Gasteiger charge is -2.29. The minimum Gasteiger partial charge on any atom is -0.338 e. The average molecular weight is 1090 g/mol. The van der Waals surface area contributed by atoms with Crippen molar-refractivity contribution in [2.45, 2.75) is 152 Å². The number of benzene rings is 2. The lowest BCUT2D eigenvalue weighted by atomic mass is 9.89. The van der Waals surface area contributed by atoms with Crippen LogP contribution in [0.25, 0.3) is 15.9 Å². The van der Waals surface area contributed by atoms with Crippen molar-refractivity contribution in [3.63, 3.8) is 0 Å². The van der Waals surface area contributed by atoms with Gasteiger partial charge in [0.05, 0.1) is 17.1 Å². The van der Waals surface area contributed by atoms with Crippen molar-refractivity contribution in [1.82, 2.24) is 54.3 Å². The van der Waals surface area contributed by atoms with Crippen LogP contribution < -0.4 is 15.9 Å². The summed E-state index contributed by atoms with van der Waals surface area (Å²) in [5.41, 5.74) is 9.98. The molecule has 6 heterocycles. The van der Waals surface area contributed by atoms with Gasteiger partial charge in [-0.2, -0.15) is 44.7 Å². The number of nitrogens with zero attached hydrogens (tertiary/aromatic N) is 17. The molecule has 22 heteroatoms. The third-order valence-corrected chi connectivity index (χ3v) is 14.5. The van der Waals surface area contributed by atoms with Gasteiger partial charge in [0.25, 0.3) is 0 Å². The van der Waals surface area contributed by atoms with Crippen LogP contribution in [0.2, 0.25) is 0 Å². The van der Waals surface area contributed by atoms with Gasteiger partial charge in [0, 0.05) is 34.2 Å².